The van der Waals surface area contributed by atoms with Crippen molar-refractivity contribution < 1.29 is 22.5 Å². The van der Waals surface area contributed by atoms with Gasteiger partial charge in [0.05, 0.1) is 0 Å². The smallest absolute Gasteiger partial charge is 0.321 e. The van der Waals surface area contributed by atoms with E-state index < -0.39 is 22.5 Å². The van der Waals surface area contributed by atoms with E-state index in [2.05, 4.69) is 9.88 Å². The Balaban J connectivity index is 1.93. The first-order chi connectivity index (χ1) is 10.8. The molecular weight excluding hydrogens is 344 g/mol. The predicted molar refractivity (Wildman–Crippen MR) is 82.4 cm³/mol. The van der Waals surface area contributed by atoms with Crippen LogP contribution in [0.25, 0.3) is 0 Å². The molecule has 0 aliphatic heterocycles. The molecule has 0 bridgehead atoms. The zero-order valence-corrected chi connectivity index (χ0v) is 14.1. The van der Waals surface area contributed by atoms with Crippen LogP contribution in [0.2, 0.25) is 5.02 Å². The van der Waals surface area contributed by atoms with E-state index in [1.54, 1.807) is 24.3 Å². The number of esters is 1. The van der Waals surface area contributed by atoms with Crippen molar-refractivity contribution in [3.63, 3.8) is 0 Å². The highest BCUT2D eigenvalue weighted by molar-refractivity contribution is 7.89. The van der Waals surface area contributed by atoms with Gasteiger partial charge in [-0.05, 0) is 19.9 Å². The standard InChI is InChI=1S/C14H15ClN2O5S/c1-9-14(10(2)22-17-9)23(19,20)16-7-13(18)21-8-11-5-3-4-6-12(11)15/h3-6,16H,7-8H2,1-2H3. The van der Waals surface area contributed by atoms with Crippen LogP contribution in [0.15, 0.2) is 33.7 Å². The first-order valence-corrected chi connectivity index (χ1v) is 8.49. The summed E-state index contributed by atoms with van der Waals surface area (Å²) in [6, 6.07) is 6.90. The number of aryl methyl sites for hydroxylation is 2. The minimum atomic E-state index is -3.90. The summed E-state index contributed by atoms with van der Waals surface area (Å²) in [4.78, 5) is 11.6. The number of carbonyl (C=O) groups is 1. The number of benzene rings is 1. The van der Waals surface area contributed by atoms with Crippen molar-refractivity contribution in [2.75, 3.05) is 6.54 Å². The number of aromatic nitrogens is 1. The van der Waals surface area contributed by atoms with E-state index >= 15 is 0 Å². The number of halogens is 1. The zero-order valence-electron chi connectivity index (χ0n) is 12.5. The molecule has 0 spiro atoms. The highest BCUT2D eigenvalue weighted by Gasteiger charge is 2.24. The molecule has 1 heterocycles. The normalized spacial score (nSPS) is 11.4. The van der Waals surface area contributed by atoms with Crippen LogP contribution in [0.1, 0.15) is 17.0 Å². The molecule has 0 amide bonds. The maximum atomic E-state index is 12.1. The Morgan fingerprint density at radius 1 is 1.35 bits per heavy atom. The average molecular weight is 359 g/mol. The van der Waals surface area contributed by atoms with Gasteiger partial charge in [0, 0.05) is 10.6 Å². The Morgan fingerprint density at radius 3 is 2.65 bits per heavy atom. The highest BCUT2D eigenvalue weighted by atomic mass is 35.5. The molecule has 23 heavy (non-hydrogen) atoms. The second-order valence-electron chi connectivity index (χ2n) is 4.73. The number of hydrogen-bond donors (Lipinski definition) is 1. The van der Waals surface area contributed by atoms with Gasteiger partial charge in [-0.2, -0.15) is 4.72 Å². The first-order valence-electron chi connectivity index (χ1n) is 6.63. The van der Waals surface area contributed by atoms with Crippen LogP contribution >= 0.6 is 11.6 Å². The van der Waals surface area contributed by atoms with Crippen LogP contribution in [-0.2, 0) is 26.2 Å². The van der Waals surface area contributed by atoms with Crippen LogP contribution in [0.5, 0.6) is 0 Å². The topological polar surface area (TPSA) is 98.5 Å². The monoisotopic (exact) mass is 358 g/mol. The van der Waals surface area contributed by atoms with Gasteiger partial charge >= 0.3 is 5.97 Å². The van der Waals surface area contributed by atoms with Crippen molar-refractivity contribution in [1.29, 1.82) is 0 Å². The summed E-state index contributed by atoms with van der Waals surface area (Å²) < 4.78 is 36.2. The van der Waals surface area contributed by atoms with Crippen LogP contribution in [-0.4, -0.2) is 26.1 Å². The molecular formula is C14H15ClN2O5S. The molecule has 0 saturated heterocycles. The van der Waals surface area contributed by atoms with Crippen molar-refractivity contribution >= 4 is 27.6 Å². The Morgan fingerprint density at radius 2 is 2.04 bits per heavy atom. The van der Waals surface area contributed by atoms with Crippen LogP contribution in [0.4, 0.5) is 0 Å². The lowest BCUT2D eigenvalue weighted by Crippen LogP contribution is -2.31. The van der Waals surface area contributed by atoms with Gasteiger partial charge in [0.1, 0.15) is 23.7 Å². The minimum absolute atomic E-state index is 0.0362. The van der Waals surface area contributed by atoms with Crippen molar-refractivity contribution in [2.24, 2.45) is 0 Å². The fourth-order valence-electron chi connectivity index (χ4n) is 1.91. The minimum Gasteiger partial charge on any atom is -0.460 e. The molecule has 7 nitrogen and oxygen atoms in total. The van der Waals surface area contributed by atoms with Crippen LogP contribution in [0, 0.1) is 13.8 Å². The van der Waals surface area contributed by atoms with Gasteiger partial charge < -0.3 is 9.26 Å². The van der Waals surface area contributed by atoms with E-state index in [1.807, 2.05) is 0 Å². The number of nitrogens with one attached hydrogen (secondary N) is 1. The van der Waals surface area contributed by atoms with Gasteiger partial charge in [-0.1, -0.05) is 35.0 Å². The Kier molecular flexibility index (Phi) is 5.40. The molecule has 2 aromatic rings. The molecule has 0 radical (unpaired) electrons. The lowest BCUT2D eigenvalue weighted by molar-refractivity contribution is -0.143. The number of ether oxygens (including phenoxy) is 1. The van der Waals surface area contributed by atoms with Crippen molar-refractivity contribution in [1.82, 2.24) is 9.88 Å². The molecule has 0 aliphatic carbocycles. The fraction of sp³-hybridized carbons (Fsp3) is 0.286. The maximum absolute atomic E-state index is 12.1. The van der Waals surface area contributed by atoms with E-state index in [-0.39, 0.29) is 23.0 Å². The molecule has 0 atom stereocenters. The molecule has 124 valence electrons. The third-order valence-corrected chi connectivity index (χ3v) is 5.00. The van der Waals surface area contributed by atoms with Crippen LogP contribution < -0.4 is 4.72 Å². The molecule has 2 rings (SSSR count). The third-order valence-electron chi connectivity index (χ3n) is 2.99. The molecule has 0 aliphatic rings. The van der Waals surface area contributed by atoms with E-state index in [0.717, 1.165) is 0 Å². The van der Waals surface area contributed by atoms with E-state index in [4.69, 9.17) is 20.9 Å². The van der Waals surface area contributed by atoms with Crippen molar-refractivity contribution in [3.05, 3.63) is 46.3 Å². The van der Waals surface area contributed by atoms with E-state index in [1.165, 1.54) is 13.8 Å². The summed E-state index contributed by atoms with van der Waals surface area (Å²) in [5.41, 5.74) is 0.857. The fourth-order valence-corrected chi connectivity index (χ4v) is 3.39. The van der Waals surface area contributed by atoms with E-state index in [0.29, 0.717) is 10.6 Å². The van der Waals surface area contributed by atoms with Gasteiger partial charge in [-0.25, -0.2) is 8.42 Å². The Labute approximate surface area is 138 Å². The third kappa shape index (κ3) is 4.31. The highest BCUT2D eigenvalue weighted by Crippen LogP contribution is 2.18. The molecule has 1 N–H and O–H groups in total. The predicted octanol–water partition coefficient (Wildman–Crippen LogP) is 1.97. The SMILES string of the molecule is Cc1noc(C)c1S(=O)(=O)NCC(=O)OCc1ccccc1Cl. The number of rotatable bonds is 6. The van der Waals surface area contributed by atoms with Crippen molar-refractivity contribution in [2.45, 2.75) is 25.3 Å². The van der Waals surface area contributed by atoms with Gasteiger partial charge in [-0.15, -0.1) is 0 Å². The molecule has 1 aromatic heterocycles. The van der Waals surface area contributed by atoms with Crippen molar-refractivity contribution in [3.8, 4) is 0 Å². The molecule has 0 unspecified atom stereocenters. The number of hydrogen-bond acceptors (Lipinski definition) is 6. The second-order valence-corrected chi connectivity index (χ2v) is 6.84. The van der Waals surface area contributed by atoms with Gasteiger partial charge in [0.25, 0.3) is 0 Å². The summed E-state index contributed by atoms with van der Waals surface area (Å²) in [6.07, 6.45) is 0. The Hall–Kier alpha value is -1.90. The lowest BCUT2D eigenvalue weighted by atomic mass is 10.2. The summed E-state index contributed by atoms with van der Waals surface area (Å²) in [5, 5.41) is 4.04. The quantitative estimate of drug-likeness (QED) is 0.792. The molecule has 9 heteroatoms. The molecule has 0 fully saturated rings. The van der Waals surface area contributed by atoms with Crippen LogP contribution in [0.3, 0.4) is 0 Å². The first kappa shape index (κ1) is 17.5. The summed E-state index contributed by atoms with van der Waals surface area (Å²) in [5.74, 6) is -0.570. The van der Waals surface area contributed by atoms with Gasteiger partial charge in [0.15, 0.2) is 5.76 Å². The summed E-state index contributed by atoms with van der Waals surface area (Å²) in [6.45, 7) is 2.44. The van der Waals surface area contributed by atoms with Gasteiger partial charge in [-0.3, -0.25) is 4.79 Å². The van der Waals surface area contributed by atoms with E-state index in [9.17, 15) is 13.2 Å². The maximum Gasteiger partial charge on any atom is 0.321 e. The lowest BCUT2D eigenvalue weighted by Gasteiger charge is -2.08. The molecule has 1 aromatic carbocycles. The largest absolute Gasteiger partial charge is 0.460 e. The number of carbonyl (C=O) groups excluding carboxylic acids is 1. The average Bonchev–Trinajstić information content (AvgIpc) is 2.84. The summed E-state index contributed by atoms with van der Waals surface area (Å²) in [7, 11) is -3.90. The number of sulfonamides is 1. The molecule has 0 saturated carbocycles. The second kappa shape index (κ2) is 7.12. The van der Waals surface area contributed by atoms with Gasteiger partial charge in [0.2, 0.25) is 10.0 Å². The zero-order chi connectivity index (χ0) is 17.0. The summed E-state index contributed by atoms with van der Waals surface area (Å²) >= 11 is 5.94. The Bertz CT molecular complexity index is 797. The number of nitrogens with zero attached hydrogens (tertiary/aromatic N) is 1.